The molecule has 0 radical (unpaired) electrons. The molecule has 168 valence electrons. The number of carbonyl (C=O) groups is 4. The zero-order valence-electron chi connectivity index (χ0n) is 18.4. The summed E-state index contributed by atoms with van der Waals surface area (Å²) in [5, 5.41) is 12.8. The zero-order valence-corrected chi connectivity index (χ0v) is 18.4. The number of nitrogens with zero attached hydrogens (tertiary/aromatic N) is 2. The number of rotatable bonds is 1. The van der Waals surface area contributed by atoms with Gasteiger partial charge < -0.3 is 5.11 Å². The molecule has 33 heavy (non-hydrogen) atoms. The number of amides is 4. The van der Waals surface area contributed by atoms with Crippen molar-refractivity contribution in [2.24, 2.45) is 29.6 Å². The molecule has 2 aromatic rings. The molecule has 2 heterocycles. The first-order valence-electron chi connectivity index (χ1n) is 11.3. The number of fused-ring (bicyclic) bond motifs is 5. The zero-order chi connectivity index (χ0) is 23.2. The van der Waals surface area contributed by atoms with E-state index in [1.165, 1.54) is 23.9 Å². The highest BCUT2D eigenvalue weighted by molar-refractivity contribution is 6.08. The van der Waals surface area contributed by atoms with Crippen molar-refractivity contribution in [2.45, 2.75) is 18.8 Å². The van der Waals surface area contributed by atoms with Gasteiger partial charge in [0.1, 0.15) is 5.75 Å². The minimum Gasteiger partial charge on any atom is -0.508 e. The highest BCUT2D eigenvalue weighted by Gasteiger charge is 2.61. The number of hydrogen-bond donors (Lipinski definition) is 1. The number of benzene rings is 2. The summed E-state index contributed by atoms with van der Waals surface area (Å²) in [6, 6.07) is 11.1. The molecule has 3 fully saturated rings. The fourth-order valence-corrected chi connectivity index (χ4v) is 6.84. The Hall–Kier alpha value is -3.48. The summed E-state index contributed by atoms with van der Waals surface area (Å²) in [5.74, 6) is -3.87. The maximum absolute atomic E-state index is 13.3. The molecular formula is C26H24N2O5. The summed E-state index contributed by atoms with van der Waals surface area (Å²) < 4.78 is 0. The van der Waals surface area contributed by atoms with E-state index in [-0.39, 0.29) is 35.3 Å². The summed E-state index contributed by atoms with van der Waals surface area (Å²) in [6.45, 7) is 0. The summed E-state index contributed by atoms with van der Waals surface area (Å²) in [5.41, 5.74) is 1.52. The number of hydrogen-bond acceptors (Lipinski definition) is 5. The average Bonchev–Trinajstić information content (AvgIpc) is 3.18. The van der Waals surface area contributed by atoms with E-state index in [2.05, 4.69) is 0 Å². The van der Waals surface area contributed by atoms with Gasteiger partial charge in [-0.1, -0.05) is 42.0 Å². The normalized spacial score (nSPS) is 33.3. The van der Waals surface area contributed by atoms with Crippen LogP contribution in [0.1, 0.15) is 24.3 Å². The Balaban J connectivity index is 1.60. The first kappa shape index (κ1) is 20.1. The van der Waals surface area contributed by atoms with Crippen LogP contribution in [-0.2, 0) is 19.2 Å². The second kappa shape index (κ2) is 6.76. The van der Waals surface area contributed by atoms with E-state index in [1.807, 2.05) is 36.4 Å². The molecule has 2 saturated heterocycles. The Morgan fingerprint density at radius 1 is 0.788 bits per heavy atom. The molecule has 0 bridgehead atoms. The lowest BCUT2D eigenvalue weighted by molar-refractivity contribution is -0.140. The van der Waals surface area contributed by atoms with Gasteiger partial charge in [0.25, 0.3) is 0 Å². The Labute approximate surface area is 190 Å². The van der Waals surface area contributed by atoms with Gasteiger partial charge in [0, 0.05) is 25.6 Å². The van der Waals surface area contributed by atoms with Gasteiger partial charge in [0.2, 0.25) is 23.6 Å². The second-order valence-electron chi connectivity index (χ2n) is 9.71. The Morgan fingerprint density at radius 3 is 2.21 bits per heavy atom. The maximum atomic E-state index is 13.3. The van der Waals surface area contributed by atoms with E-state index in [0.29, 0.717) is 18.4 Å². The van der Waals surface area contributed by atoms with Gasteiger partial charge in [0.05, 0.1) is 23.7 Å². The standard InChI is InChI=1S/C26H24N2O5/c1-27-23(30)15-9-8-14-16(19(15)25(27)32)11-17-22(26(33)28(2)24(17)31)21(14)20-13-6-4-3-5-12(13)7-10-18(20)29/h3-8,10,15-17,19,21-22,29H,9,11H2,1-2H3/t15-,16+,17+,19-,21+,22+/m0/s1. The Bertz CT molecular complexity index is 1300. The van der Waals surface area contributed by atoms with Gasteiger partial charge in [-0.2, -0.15) is 0 Å². The van der Waals surface area contributed by atoms with E-state index in [0.717, 1.165) is 16.3 Å². The fourth-order valence-electron chi connectivity index (χ4n) is 6.84. The molecule has 6 atom stereocenters. The van der Waals surface area contributed by atoms with Crippen molar-refractivity contribution in [1.29, 1.82) is 0 Å². The molecule has 0 spiro atoms. The highest BCUT2D eigenvalue weighted by atomic mass is 16.3. The molecule has 4 aliphatic rings. The predicted octanol–water partition coefficient (Wildman–Crippen LogP) is 2.44. The average molecular weight is 444 g/mol. The van der Waals surface area contributed by atoms with Crippen molar-refractivity contribution in [2.75, 3.05) is 14.1 Å². The Kier molecular flexibility index (Phi) is 4.13. The van der Waals surface area contributed by atoms with Crippen LogP contribution in [0.25, 0.3) is 10.8 Å². The van der Waals surface area contributed by atoms with Crippen molar-refractivity contribution in [3.63, 3.8) is 0 Å². The topological polar surface area (TPSA) is 95.0 Å². The van der Waals surface area contributed by atoms with Crippen LogP contribution >= 0.6 is 0 Å². The number of aromatic hydroxyl groups is 1. The fraction of sp³-hybridized carbons (Fsp3) is 0.385. The second-order valence-corrected chi connectivity index (χ2v) is 9.71. The van der Waals surface area contributed by atoms with Gasteiger partial charge in [-0.05, 0) is 35.6 Å². The van der Waals surface area contributed by atoms with Crippen LogP contribution in [0.2, 0.25) is 0 Å². The molecule has 7 heteroatoms. The Morgan fingerprint density at radius 2 is 1.45 bits per heavy atom. The minimum absolute atomic E-state index is 0.0712. The predicted molar refractivity (Wildman–Crippen MR) is 119 cm³/mol. The third kappa shape index (κ3) is 2.50. The summed E-state index contributed by atoms with van der Waals surface area (Å²) in [4.78, 5) is 54.6. The SMILES string of the molecule is CN1C(=O)[C@H]2[C@H](CC=C3[C@H]2C[C@H]2C(=O)N(C)C(=O)[C@H]2[C@H]3c2c(O)ccc3ccccc23)C1=O. The largest absolute Gasteiger partial charge is 0.508 e. The number of imide groups is 2. The minimum atomic E-state index is -0.636. The molecule has 1 saturated carbocycles. The van der Waals surface area contributed by atoms with Gasteiger partial charge >= 0.3 is 0 Å². The lowest BCUT2D eigenvalue weighted by Gasteiger charge is -2.44. The van der Waals surface area contributed by atoms with E-state index >= 15 is 0 Å². The third-order valence-corrected chi connectivity index (χ3v) is 8.35. The quantitative estimate of drug-likeness (QED) is 0.539. The monoisotopic (exact) mass is 444 g/mol. The van der Waals surface area contributed by atoms with Gasteiger partial charge in [0.15, 0.2) is 0 Å². The molecule has 4 amide bonds. The molecular weight excluding hydrogens is 420 g/mol. The van der Waals surface area contributed by atoms with E-state index in [1.54, 1.807) is 6.07 Å². The molecule has 2 aromatic carbocycles. The van der Waals surface area contributed by atoms with Crippen LogP contribution in [0, 0.1) is 29.6 Å². The van der Waals surface area contributed by atoms with Crippen molar-refractivity contribution in [3.05, 3.63) is 53.6 Å². The smallest absolute Gasteiger partial charge is 0.233 e. The third-order valence-electron chi connectivity index (χ3n) is 8.35. The molecule has 2 aliphatic heterocycles. The molecule has 1 N–H and O–H groups in total. The van der Waals surface area contributed by atoms with Crippen LogP contribution in [0.4, 0.5) is 0 Å². The number of phenolic OH excluding ortho intramolecular Hbond substituents is 1. The number of likely N-dealkylation sites (tertiary alicyclic amines) is 2. The van der Waals surface area contributed by atoms with E-state index < -0.39 is 29.6 Å². The first-order chi connectivity index (χ1) is 15.8. The molecule has 6 rings (SSSR count). The van der Waals surface area contributed by atoms with Crippen LogP contribution in [0.15, 0.2) is 48.0 Å². The van der Waals surface area contributed by atoms with Crippen LogP contribution in [-0.4, -0.2) is 52.6 Å². The van der Waals surface area contributed by atoms with Crippen molar-refractivity contribution >= 4 is 34.4 Å². The van der Waals surface area contributed by atoms with E-state index in [9.17, 15) is 24.3 Å². The molecule has 7 nitrogen and oxygen atoms in total. The van der Waals surface area contributed by atoms with Crippen LogP contribution in [0.3, 0.4) is 0 Å². The van der Waals surface area contributed by atoms with E-state index in [4.69, 9.17) is 0 Å². The molecule has 0 aromatic heterocycles. The highest BCUT2D eigenvalue weighted by Crippen LogP contribution is 2.59. The number of phenols is 1. The van der Waals surface area contributed by atoms with Gasteiger partial charge in [-0.15, -0.1) is 0 Å². The van der Waals surface area contributed by atoms with Crippen molar-refractivity contribution in [1.82, 2.24) is 9.80 Å². The molecule has 0 unspecified atom stereocenters. The van der Waals surface area contributed by atoms with Crippen molar-refractivity contribution in [3.8, 4) is 5.75 Å². The first-order valence-corrected chi connectivity index (χ1v) is 11.3. The lowest BCUT2D eigenvalue weighted by atomic mass is 9.56. The summed E-state index contributed by atoms with van der Waals surface area (Å²) in [6.07, 6.45) is 2.78. The summed E-state index contributed by atoms with van der Waals surface area (Å²) >= 11 is 0. The number of carbonyl (C=O) groups excluding carboxylic acids is 4. The van der Waals surface area contributed by atoms with Gasteiger partial charge in [-0.3, -0.25) is 29.0 Å². The number of allylic oxidation sites excluding steroid dienone is 2. The maximum Gasteiger partial charge on any atom is 0.233 e. The van der Waals surface area contributed by atoms with Crippen LogP contribution < -0.4 is 0 Å². The lowest BCUT2D eigenvalue weighted by Crippen LogP contribution is -2.43. The summed E-state index contributed by atoms with van der Waals surface area (Å²) in [7, 11) is 3.02. The van der Waals surface area contributed by atoms with Crippen molar-refractivity contribution < 1.29 is 24.3 Å². The van der Waals surface area contributed by atoms with Crippen LogP contribution in [0.5, 0.6) is 5.75 Å². The molecule has 2 aliphatic carbocycles. The van der Waals surface area contributed by atoms with Gasteiger partial charge in [-0.25, -0.2) is 0 Å².